The topological polar surface area (TPSA) is 41.6 Å². The molecule has 3 nitrogen and oxygen atoms in total. The van der Waals surface area contributed by atoms with Crippen molar-refractivity contribution in [2.45, 2.75) is 37.5 Å². The zero-order chi connectivity index (χ0) is 10.7. The monoisotopic (exact) mass is 221 g/mol. The minimum atomic E-state index is -0.179. The third-order valence-electron chi connectivity index (χ3n) is 2.81. The maximum atomic E-state index is 9.24. The van der Waals surface area contributed by atoms with E-state index in [9.17, 15) is 5.26 Å². The number of aryl methyl sites for hydroxylation is 1. The van der Waals surface area contributed by atoms with E-state index < -0.39 is 0 Å². The molecule has 0 amide bonds. The van der Waals surface area contributed by atoms with E-state index in [-0.39, 0.29) is 4.75 Å². The Labute approximate surface area is 94.5 Å². The first kappa shape index (κ1) is 10.6. The first-order valence-electron chi connectivity index (χ1n) is 5.34. The van der Waals surface area contributed by atoms with Crippen molar-refractivity contribution in [3.05, 3.63) is 18.0 Å². The summed E-state index contributed by atoms with van der Waals surface area (Å²) in [7, 11) is 0. The van der Waals surface area contributed by atoms with Gasteiger partial charge in [-0.05, 0) is 31.1 Å². The third-order valence-corrected chi connectivity index (χ3v) is 4.29. The second-order valence-electron chi connectivity index (χ2n) is 3.94. The van der Waals surface area contributed by atoms with Crippen LogP contribution in [-0.2, 0) is 13.0 Å². The molecule has 0 spiro atoms. The van der Waals surface area contributed by atoms with Crippen molar-refractivity contribution in [3.63, 3.8) is 0 Å². The van der Waals surface area contributed by atoms with Gasteiger partial charge >= 0.3 is 0 Å². The number of rotatable bonds is 3. The van der Waals surface area contributed by atoms with Crippen molar-refractivity contribution < 1.29 is 0 Å². The van der Waals surface area contributed by atoms with Crippen molar-refractivity contribution in [3.8, 4) is 6.07 Å². The van der Waals surface area contributed by atoms with Gasteiger partial charge in [0.05, 0.1) is 12.3 Å². The lowest BCUT2D eigenvalue weighted by Gasteiger charge is -2.17. The molecule has 1 fully saturated rings. The lowest BCUT2D eigenvalue weighted by atomic mass is 9.98. The molecule has 1 aliphatic heterocycles. The van der Waals surface area contributed by atoms with Gasteiger partial charge in [0, 0.05) is 19.2 Å². The highest BCUT2D eigenvalue weighted by molar-refractivity contribution is 8.01. The maximum absolute atomic E-state index is 9.24. The van der Waals surface area contributed by atoms with Gasteiger partial charge in [0.2, 0.25) is 0 Å². The fourth-order valence-corrected chi connectivity index (χ4v) is 3.27. The smallest absolute Gasteiger partial charge is 0.106 e. The number of hydrogen-bond donors (Lipinski definition) is 0. The lowest BCUT2D eigenvalue weighted by molar-refractivity contribution is 0.653. The van der Waals surface area contributed by atoms with Crippen LogP contribution in [0.5, 0.6) is 0 Å². The van der Waals surface area contributed by atoms with Gasteiger partial charge in [-0.3, -0.25) is 4.68 Å². The molecule has 15 heavy (non-hydrogen) atoms. The van der Waals surface area contributed by atoms with Crippen LogP contribution in [0.3, 0.4) is 0 Å². The van der Waals surface area contributed by atoms with E-state index in [1.54, 1.807) is 11.8 Å². The van der Waals surface area contributed by atoms with Crippen LogP contribution in [0.1, 0.15) is 25.3 Å². The Morgan fingerprint density at radius 1 is 1.73 bits per heavy atom. The number of nitrogens with zero attached hydrogens (tertiary/aromatic N) is 3. The predicted octanol–water partition coefficient (Wildman–Crippen LogP) is 2.23. The third kappa shape index (κ3) is 2.18. The van der Waals surface area contributed by atoms with E-state index >= 15 is 0 Å². The average molecular weight is 221 g/mol. The van der Waals surface area contributed by atoms with Crippen LogP contribution in [0.2, 0.25) is 0 Å². The van der Waals surface area contributed by atoms with Gasteiger partial charge in [0.25, 0.3) is 0 Å². The molecule has 0 bridgehead atoms. The Bertz CT molecular complexity index is 371. The SMILES string of the molecule is CCn1cc(CC2(C#N)CCCS2)cn1. The summed E-state index contributed by atoms with van der Waals surface area (Å²) >= 11 is 1.80. The minimum absolute atomic E-state index is 0.179. The predicted molar refractivity (Wildman–Crippen MR) is 61.6 cm³/mol. The number of nitriles is 1. The highest BCUT2D eigenvalue weighted by Crippen LogP contribution is 2.40. The molecule has 0 aliphatic carbocycles. The Kier molecular flexibility index (Phi) is 3.01. The van der Waals surface area contributed by atoms with E-state index in [0.717, 1.165) is 25.1 Å². The molecular formula is C11H15N3S. The average Bonchev–Trinajstić information content (AvgIpc) is 2.88. The fraction of sp³-hybridized carbons (Fsp3) is 0.636. The molecule has 0 radical (unpaired) electrons. The van der Waals surface area contributed by atoms with Crippen LogP contribution >= 0.6 is 11.8 Å². The Morgan fingerprint density at radius 3 is 3.13 bits per heavy atom. The van der Waals surface area contributed by atoms with Crippen molar-refractivity contribution in [2.75, 3.05) is 5.75 Å². The van der Waals surface area contributed by atoms with E-state index in [4.69, 9.17) is 0 Å². The molecular weight excluding hydrogens is 206 g/mol. The van der Waals surface area contributed by atoms with Gasteiger partial charge in [-0.2, -0.15) is 10.4 Å². The first-order valence-corrected chi connectivity index (χ1v) is 6.33. The van der Waals surface area contributed by atoms with Crippen LogP contribution < -0.4 is 0 Å². The molecule has 4 heteroatoms. The largest absolute Gasteiger partial charge is 0.273 e. The lowest BCUT2D eigenvalue weighted by Crippen LogP contribution is -2.21. The second-order valence-corrected chi connectivity index (χ2v) is 5.42. The summed E-state index contributed by atoms with van der Waals surface area (Å²) in [6, 6.07) is 2.48. The molecule has 80 valence electrons. The normalized spacial score (nSPS) is 25.3. The Morgan fingerprint density at radius 2 is 2.60 bits per heavy atom. The Balaban J connectivity index is 2.10. The molecule has 1 aromatic heterocycles. The van der Waals surface area contributed by atoms with Gasteiger partial charge in [-0.15, -0.1) is 11.8 Å². The van der Waals surface area contributed by atoms with E-state index in [1.165, 1.54) is 12.0 Å². The van der Waals surface area contributed by atoms with Crippen LogP contribution in [0.25, 0.3) is 0 Å². The molecule has 2 heterocycles. The highest BCUT2D eigenvalue weighted by atomic mass is 32.2. The molecule has 1 aromatic rings. The molecule has 1 aliphatic rings. The first-order chi connectivity index (χ1) is 7.28. The summed E-state index contributed by atoms with van der Waals surface area (Å²) in [6.45, 7) is 2.97. The van der Waals surface area contributed by atoms with Crippen molar-refractivity contribution >= 4 is 11.8 Å². The molecule has 1 atom stereocenters. The molecule has 0 aromatic carbocycles. The summed E-state index contributed by atoms with van der Waals surface area (Å²) in [4.78, 5) is 0. The molecule has 1 saturated heterocycles. The van der Waals surface area contributed by atoms with E-state index in [1.807, 2.05) is 10.9 Å². The number of aromatic nitrogens is 2. The standard InChI is InChI=1S/C11H15N3S/c1-2-14-8-10(7-13-14)6-11(9-12)4-3-5-15-11/h7-8H,2-6H2,1H3. The summed E-state index contributed by atoms with van der Waals surface area (Å²) in [5.41, 5.74) is 1.19. The fourth-order valence-electron chi connectivity index (χ4n) is 1.96. The number of thioether (sulfide) groups is 1. The van der Waals surface area contributed by atoms with Crippen molar-refractivity contribution in [1.82, 2.24) is 9.78 Å². The van der Waals surface area contributed by atoms with Crippen LogP contribution in [0, 0.1) is 11.3 Å². The minimum Gasteiger partial charge on any atom is -0.273 e. The molecule has 2 rings (SSSR count). The quantitative estimate of drug-likeness (QED) is 0.786. The van der Waals surface area contributed by atoms with Crippen LogP contribution in [0.15, 0.2) is 12.4 Å². The number of hydrogen-bond acceptors (Lipinski definition) is 3. The van der Waals surface area contributed by atoms with Crippen molar-refractivity contribution in [1.29, 1.82) is 5.26 Å². The highest BCUT2D eigenvalue weighted by Gasteiger charge is 2.35. The summed E-state index contributed by atoms with van der Waals surface area (Å²) in [5.74, 6) is 1.12. The maximum Gasteiger partial charge on any atom is 0.106 e. The van der Waals surface area contributed by atoms with Gasteiger partial charge in [0.15, 0.2) is 0 Å². The molecule has 1 unspecified atom stereocenters. The van der Waals surface area contributed by atoms with Crippen LogP contribution in [-0.4, -0.2) is 20.3 Å². The zero-order valence-corrected chi connectivity index (χ0v) is 9.76. The Hall–Kier alpha value is -0.950. The van der Waals surface area contributed by atoms with Crippen molar-refractivity contribution in [2.24, 2.45) is 0 Å². The summed E-state index contributed by atoms with van der Waals surface area (Å²) in [5, 5.41) is 13.5. The summed E-state index contributed by atoms with van der Waals surface area (Å²) in [6.07, 6.45) is 6.97. The van der Waals surface area contributed by atoms with Gasteiger partial charge in [0.1, 0.15) is 4.75 Å². The van der Waals surface area contributed by atoms with Gasteiger partial charge in [-0.25, -0.2) is 0 Å². The van der Waals surface area contributed by atoms with Gasteiger partial charge in [-0.1, -0.05) is 0 Å². The molecule has 0 saturated carbocycles. The van der Waals surface area contributed by atoms with E-state index in [2.05, 4.69) is 24.3 Å². The second kappa shape index (κ2) is 4.28. The zero-order valence-electron chi connectivity index (χ0n) is 8.94. The van der Waals surface area contributed by atoms with E-state index in [0.29, 0.717) is 0 Å². The summed E-state index contributed by atoms with van der Waals surface area (Å²) < 4.78 is 1.74. The van der Waals surface area contributed by atoms with Crippen LogP contribution in [0.4, 0.5) is 0 Å². The van der Waals surface area contributed by atoms with Gasteiger partial charge < -0.3 is 0 Å². The molecule has 0 N–H and O–H groups in total.